The summed E-state index contributed by atoms with van der Waals surface area (Å²) in [7, 11) is 0. The first-order chi connectivity index (χ1) is 9.33. The van der Waals surface area contributed by atoms with Crippen LogP contribution in [0.4, 0.5) is 0 Å². The van der Waals surface area contributed by atoms with E-state index in [2.05, 4.69) is 39.5 Å². The van der Waals surface area contributed by atoms with Crippen molar-refractivity contribution >= 4 is 15.9 Å². The first-order valence-electron chi connectivity index (χ1n) is 6.78. The summed E-state index contributed by atoms with van der Waals surface area (Å²) < 4.78 is 12.4. The van der Waals surface area contributed by atoms with Crippen LogP contribution in [0, 0.1) is 0 Å². The molecule has 102 valence electrons. The number of fused-ring (bicyclic) bond motifs is 1. The zero-order chi connectivity index (χ0) is 13.1. The zero-order valence-electron chi connectivity index (χ0n) is 10.8. The minimum absolute atomic E-state index is 0.297. The van der Waals surface area contributed by atoms with E-state index in [1.54, 1.807) is 0 Å². The van der Waals surface area contributed by atoms with E-state index in [9.17, 15) is 0 Å². The summed E-state index contributed by atoms with van der Waals surface area (Å²) >= 11 is 3.57. The summed E-state index contributed by atoms with van der Waals surface area (Å²) in [6.45, 7) is 2.51. The van der Waals surface area contributed by atoms with Crippen LogP contribution in [0.25, 0.3) is 0 Å². The van der Waals surface area contributed by atoms with Crippen molar-refractivity contribution in [2.24, 2.45) is 0 Å². The minimum atomic E-state index is 0.297. The SMILES string of the molecule is Brc1cc2c(c(CNCC3CCC=CO3)c1)OCC2. The molecule has 0 radical (unpaired) electrons. The maximum atomic E-state index is 5.72. The number of nitrogens with one attached hydrogen (secondary N) is 1. The second-order valence-corrected chi connectivity index (χ2v) is 5.91. The number of halogens is 1. The van der Waals surface area contributed by atoms with Gasteiger partial charge in [0, 0.05) is 29.5 Å². The van der Waals surface area contributed by atoms with Gasteiger partial charge in [-0.3, -0.25) is 0 Å². The van der Waals surface area contributed by atoms with Gasteiger partial charge in [-0.25, -0.2) is 0 Å². The van der Waals surface area contributed by atoms with Crippen molar-refractivity contribution in [3.63, 3.8) is 0 Å². The highest BCUT2D eigenvalue weighted by Crippen LogP contribution is 2.32. The van der Waals surface area contributed by atoms with Gasteiger partial charge in [0.15, 0.2) is 0 Å². The average Bonchev–Trinajstić information content (AvgIpc) is 2.88. The summed E-state index contributed by atoms with van der Waals surface area (Å²) in [5.41, 5.74) is 2.54. The first kappa shape index (κ1) is 13.0. The largest absolute Gasteiger partial charge is 0.497 e. The number of benzene rings is 1. The maximum absolute atomic E-state index is 5.72. The van der Waals surface area contributed by atoms with E-state index in [1.807, 2.05) is 6.26 Å². The van der Waals surface area contributed by atoms with E-state index in [-0.39, 0.29) is 0 Å². The Kier molecular flexibility index (Phi) is 4.09. The van der Waals surface area contributed by atoms with Crippen LogP contribution in [0.1, 0.15) is 24.0 Å². The van der Waals surface area contributed by atoms with Crippen molar-refractivity contribution in [1.29, 1.82) is 0 Å². The van der Waals surface area contributed by atoms with Crippen LogP contribution in [0.3, 0.4) is 0 Å². The topological polar surface area (TPSA) is 30.5 Å². The molecule has 0 fully saturated rings. The number of rotatable bonds is 4. The van der Waals surface area contributed by atoms with Crippen LogP contribution >= 0.6 is 15.9 Å². The molecule has 1 aromatic rings. The molecule has 2 aliphatic heterocycles. The van der Waals surface area contributed by atoms with E-state index in [1.165, 1.54) is 11.1 Å². The van der Waals surface area contributed by atoms with E-state index in [0.717, 1.165) is 49.2 Å². The number of allylic oxidation sites excluding steroid dienone is 1. The standard InChI is InChI=1S/C15H18BrNO2/c16-13-7-11-4-6-19-15(11)12(8-13)9-17-10-14-3-1-2-5-18-14/h2,5,7-8,14,17H,1,3-4,6,9-10H2. The first-order valence-corrected chi connectivity index (χ1v) is 7.57. The van der Waals surface area contributed by atoms with Gasteiger partial charge in [-0.15, -0.1) is 0 Å². The smallest absolute Gasteiger partial charge is 0.127 e. The quantitative estimate of drug-likeness (QED) is 0.923. The number of ether oxygens (including phenoxy) is 2. The lowest BCUT2D eigenvalue weighted by atomic mass is 10.1. The second-order valence-electron chi connectivity index (χ2n) is 4.99. The van der Waals surface area contributed by atoms with E-state index in [4.69, 9.17) is 9.47 Å². The molecular formula is C15H18BrNO2. The number of hydrogen-bond acceptors (Lipinski definition) is 3. The van der Waals surface area contributed by atoms with Crippen molar-refractivity contribution in [3.05, 3.63) is 40.1 Å². The molecule has 0 aromatic heterocycles. The fraction of sp³-hybridized carbons (Fsp3) is 0.467. The zero-order valence-corrected chi connectivity index (χ0v) is 12.4. The molecule has 2 heterocycles. The molecule has 19 heavy (non-hydrogen) atoms. The third-order valence-corrected chi connectivity index (χ3v) is 3.99. The van der Waals surface area contributed by atoms with Gasteiger partial charge in [0.1, 0.15) is 11.9 Å². The Morgan fingerprint density at radius 2 is 2.32 bits per heavy atom. The molecule has 1 aromatic carbocycles. The Morgan fingerprint density at radius 3 is 3.16 bits per heavy atom. The van der Waals surface area contributed by atoms with Crippen molar-refractivity contribution in [3.8, 4) is 5.75 Å². The highest BCUT2D eigenvalue weighted by molar-refractivity contribution is 9.10. The Balaban J connectivity index is 1.59. The summed E-state index contributed by atoms with van der Waals surface area (Å²) in [5.74, 6) is 1.07. The van der Waals surface area contributed by atoms with Gasteiger partial charge in [-0.05, 0) is 36.6 Å². The van der Waals surface area contributed by atoms with Crippen molar-refractivity contribution in [1.82, 2.24) is 5.32 Å². The third kappa shape index (κ3) is 3.12. The monoisotopic (exact) mass is 323 g/mol. The molecule has 0 saturated carbocycles. The minimum Gasteiger partial charge on any atom is -0.497 e. The summed E-state index contributed by atoms with van der Waals surface area (Å²) in [6, 6.07) is 4.29. The summed E-state index contributed by atoms with van der Waals surface area (Å²) in [6.07, 6.45) is 7.41. The van der Waals surface area contributed by atoms with Crippen molar-refractivity contribution < 1.29 is 9.47 Å². The molecule has 0 saturated heterocycles. The van der Waals surface area contributed by atoms with E-state index in [0.29, 0.717) is 6.10 Å². The molecule has 4 heteroatoms. The normalized spacial score (nSPS) is 20.8. The van der Waals surface area contributed by atoms with Crippen molar-refractivity contribution in [2.45, 2.75) is 31.9 Å². The molecule has 3 rings (SSSR count). The highest BCUT2D eigenvalue weighted by Gasteiger charge is 2.17. The van der Waals surface area contributed by atoms with Crippen LogP contribution in [0.2, 0.25) is 0 Å². The summed E-state index contributed by atoms with van der Waals surface area (Å²) in [5, 5.41) is 3.47. The Labute approximate surface area is 122 Å². The molecule has 0 spiro atoms. The molecule has 0 amide bonds. The molecule has 0 bridgehead atoms. The third-order valence-electron chi connectivity index (χ3n) is 3.54. The van der Waals surface area contributed by atoms with E-state index < -0.39 is 0 Å². The Bertz CT molecular complexity index is 487. The van der Waals surface area contributed by atoms with Crippen LogP contribution in [-0.4, -0.2) is 19.3 Å². The predicted molar refractivity (Wildman–Crippen MR) is 78.3 cm³/mol. The van der Waals surface area contributed by atoms with Gasteiger partial charge in [-0.2, -0.15) is 0 Å². The average molecular weight is 324 g/mol. The molecule has 1 N–H and O–H groups in total. The van der Waals surface area contributed by atoms with Gasteiger partial charge < -0.3 is 14.8 Å². The van der Waals surface area contributed by atoms with Gasteiger partial charge in [-0.1, -0.05) is 15.9 Å². The predicted octanol–water partition coefficient (Wildman–Crippen LogP) is 3.17. The van der Waals surface area contributed by atoms with Crippen molar-refractivity contribution in [2.75, 3.05) is 13.2 Å². The Hall–Kier alpha value is -1.00. The van der Waals surface area contributed by atoms with Gasteiger partial charge in [0.05, 0.1) is 12.9 Å². The highest BCUT2D eigenvalue weighted by atomic mass is 79.9. The molecule has 1 unspecified atom stereocenters. The molecule has 0 aliphatic carbocycles. The van der Waals surface area contributed by atoms with Gasteiger partial charge >= 0.3 is 0 Å². The lowest BCUT2D eigenvalue weighted by Crippen LogP contribution is -2.28. The fourth-order valence-electron chi connectivity index (χ4n) is 2.58. The lowest BCUT2D eigenvalue weighted by molar-refractivity contribution is 0.122. The van der Waals surface area contributed by atoms with Crippen LogP contribution in [0.5, 0.6) is 5.75 Å². The molecule has 3 nitrogen and oxygen atoms in total. The maximum Gasteiger partial charge on any atom is 0.127 e. The lowest BCUT2D eigenvalue weighted by Gasteiger charge is -2.20. The molecule has 2 aliphatic rings. The second kappa shape index (κ2) is 5.97. The molecule has 1 atom stereocenters. The van der Waals surface area contributed by atoms with Crippen LogP contribution < -0.4 is 10.1 Å². The van der Waals surface area contributed by atoms with E-state index >= 15 is 0 Å². The van der Waals surface area contributed by atoms with Crippen LogP contribution in [-0.2, 0) is 17.7 Å². The fourth-order valence-corrected chi connectivity index (χ4v) is 3.13. The molecular weight excluding hydrogens is 306 g/mol. The Morgan fingerprint density at radius 1 is 1.37 bits per heavy atom. The number of hydrogen-bond donors (Lipinski definition) is 1. The summed E-state index contributed by atoms with van der Waals surface area (Å²) in [4.78, 5) is 0. The van der Waals surface area contributed by atoms with Gasteiger partial charge in [0.2, 0.25) is 0 Å². The van der Waals surface area contributed by atoms with Crippen LogP contribution in [0.15, 0.2) is 28.9 Å². The van der Waals surface area contributed by atoms with Gasteiger partial charge in [0.25, 0.3) is 0 Å².